The largest absolute Gasteiger partial charge is 0.350 e. The van der Waals surface area contributed by atoms with Crippen molar-refractivity contribution < 1.29 is 13.2 Å². The molecule has 22 heavy (non-hydrogen) atoms. The molecular formula is C11H17N7O3S. The van der Waals surface area contributed by atoms with Gasteiger partial charge >= 0.3 is 0 Å². The van der Waals surface area contributed by atoms with Crippen molar-refractivity contribution in [2.45, 2.75) is 26.9 Å². The number of aromatic amines is 1. The SMILES string of the molecule is Cc1n[nH]c(C)c1CNC(=O)Cn1ncc(NS(C)(=O)=O)n1. The van der Waals surface area contributed by atoms with Crippen molar-refractivity contribution in [2.75, 3.05) is 11.0 Å². The number of carbonyl (C=O) groups is 1. The highest BCUT2D eigenvalue weighted by Gasteiger charge is 2.11. The fourth-order valence-corrected chi connectivity index (χ4v) is 2.29. The first-order valence-electron chi connectivity index (χ1n) is 6.39. The highest BCUT2D eigenvalue weighted by atomic mass is 32.2. The Morgan fingerprint density at radius 3 is 2.73 bits per heavy atom. The van der Waals surface area contributed by atoms with Crippen molar-refractivity contribution in [1.29, 1.82) is 0 Å². The number of anilines is 1. The first kappa shape index (κ1) is 15.9. The van der Waals surface area contributed by atoms with E-state index in [9.17, 15) is 13.2 Å². The molecule has 0 aliphatic carbocycles. The smallest absolute Gasteiger partial charge is 0.243 e. The first-order chi connectivity index (χ1) is 10.2. The van der Waals surface area contributed by atoms with Gasteiger partial charge in [-0.15, -0.1) is 5.10 Å². The number of hydrogen-bond acceptors (Lipinski definition) is 6. The van der Waals surface area contributed by atoms with Gasteiger partial charge in [-0.1, -0.05) is 0 Å². The number of amides is 1. The molecule has 11 heteroatoms. The molecule has 2 aromatic rings. The molecule has 0 fully saturated rings. The van der Waals surface area contributed by atoms with Crippen molar-refractivity contribution in [3.8, 4) is 0 Å². The molecule has 1 amide bonds. The Bertz CT molecular complexity index is 758. The number of nitrogens with one attached hydrogen (secondary N) is 3. The predicted molar refractivity (Wildman–Crippen MR) is 78.4 cm³/mol. The molecule has 0 saturated heterocycles. The summed E-state index contributed by atoms with van der Waals surface area (Å²) in [6.07, 6.45) is 2.24. The lowest BCUT2D eigenvalue weighted by Crippen LogP contribution is -2.28. The van der Waals surface area contributed by atoms with Gasteiger partial charge in [0.25, 0.3) is 0 Å². The Balaban J connectivity index is 1.90. The lowest BCUT2D eigenvalue weighted by atomic mass is 10.2. The normalized spacial score (nSPS) is 11.4. The van der Waals surface area contributed by atoms with E-state index in [1.165, 1.54) is 6.20 Å². The standard InChI is InChI=1S/C11H17N7O3S/c1-7-9(8(2)15-14-7)4-12-11(19)6-18-13-5-10(16-18)17-22(3,20)21/h5H,4,6H2,1-3H3,(H,12,19)(H,14,15)(H,16,17). The maximum Gasteiger partial charge on any atom is 0.243 e. The molecule has 0 aromatic carbocycles. The van der Waals surface area contributed by atoms with E-state index in [1.807, 2.05) is 13.8 Å². The summed E-state index contributed by atoms with van der Waals surface area (Å²) >= 11 is 0. The second-order valence-electron chi connectivity index (χ2n) is 4.82. The maximum atomic E-state index is 11.8. The number of rotatable bonds is 6. The molecule has 0 saturated carbocycles. The second kappa shape index (κ2) is 6.13. The molecule has 10 nitrogen and oxygen atoms in total. The molecule has 3 N–H and O–H groups in total. The summed E-state index contributed by atoms with van der Waals surface area (Å²) in [5, 5.41) is 17.3. The van der Waals surface area contributed by atoms with Gasteiger partial charge in [0, 0.05) is 17.8 Å². The molecule has 0 bridgehead atoms. The van der Waals surface area contributed by atoms with Crippen LogP contribution in [0.3, 0.4) is 0 Å². The third-order valence-electron chi connectivity index (χ3n) is 2.85. The molecule has 2 aromatic heterocycles. The molecule has 0 radical (unpaired) electrons. The number of aryl methyl sites for hydroxylation is 2. The topological polar surface area (TPSA) is 135 Å². The Labute approximate surface area is 127 Å². The summed E-state index contributed by atoms with van der Waals surface area (Å²) in [4.78, 5) is 13.0. The number of carbonyl (C=O) groups excluding carboxylic acids is 1. The fourth-order valence-electron chi connectivity index (χ4n) is 1.82. The molecule has 0 aliphatic heterocycles. The third-order valence-corrected chi connectivity index (χ3v) is 3.43. The van der Waals surface area contributed by atoms with Crippen LogP contribution in [0.4, 0.5) is 5.82 Å². The summed E-state index contributed by atoms with van der Waals surface area (Å²) in [6.45, 7) is 3.97. The Morgan fingerprint density at radius 1 is 1.41 bits per heavy atom. The van der Waals surface area contributed by atoms with Crippen LogP contribution in [0.1, 0.15) is 17.0 Å². The first-order valence-corrected chi connectivity index (χ1v) is 8.29. The lowest BCUT2D eigenvalue weighted by molar-refractivity contribution is -0.122. The van der Waals surface area contributed by atoms with Gasteiger partial charge in [0.05, 0.1) is 18.1 Å². The van der Waals surface area contributed by atoms with Crippen LogP contribution in [0.5, 0.6) is 0 Å². The number of nitrogens with zero attached hydrogens (tertiary/aromatic N) is 4. The second-order valence-corrected chi connectivity index (χ2v) is 6.57. The molecule has 0 spiro atoms. The van der Waals surface area contributed by atoms with E-state index in [2.05, 4.69) is 30.4 Å². The monoisotopic (exact) mass is 327 g/mol. The summed E-state index contributed by atoms with van der Waals surface area (Å²) in [5.74, 6) is -0.224. The molecule has 2 rings (SSSR count). The van der Waals surface area contributed by atoms with Crippen LogP contribution in [0, 0.1) is 13.8 Å². The van der Waals surface area contributed by atoms with Crippen molar-refractivity contribution in [1.82, 2.24) is 30.5 Å². The van der Waals surface area contributed by atoms with Crippen LogP contribution in [0.25, 0.3) is 0 Å². The van der Waals surface area contributed by atoms with Gasteiger partial charge in [-0.25, -0.2) is 8.42 Å². The minimum Gasteiger partial charge on any atom is -0.350 e. The number of hydrogen-bond donors (Lipinski definition) is 3. The van der Waals surface area contributed by atoms with Crippen LogP contribution in [-0.4, -0.2) is 45.8 Å². The van der Waals surface area contributed by atoms with Crippen LogP contribution in [0.2, 0.25) is 0 Å². The molecule has 120 valence electrons. The Kier molecular flexibility index (Phi) is 4.45. The van der Waals surface area contributed by atoms with E-state index in [1.54, 1.807) is 0 Å². The Hall–Kier alpha value is -2.43. The van der Waals surface area contributed by atoms with Crippen molar-refractivity contribution in [3.63, 3.8) is 0 Å². The van der Waals surface area contributed by atoms with E-state index >= 15 is 0 Å². The fraction of sp³-hybridized carbons (Fsp3) is 0.455. The van der Waals surface area contributed by atoms with Crippen LogP contribution >= 0.6 is 0 Å². The minimum absolute atomic E-state index is 0.0665. The molecule has 0 atom stereocenters. The van der Waals surface area contributed by atoms with Crippen molar-refractivity contribution in [2.24, 2.45) is 0 Å². The summed E-state index contributed by atoms with van der Waals surface area (Å²) in [7, 11) is -3.42. The minimum atomic E-state index is -3.42. The number of H-pyrrole nitrogens is 1. The third kappa shape index (κ3) is 4.28. The van der Waals surface area contributed by atoms with Gasteiger partial charge in [0.1, 0.15) is 6.54 Å². The summed E-state index contributed by atoms with van der Waals surface area (Å²) in [6, 6.07) is 0. The van der Waals surface area contributed by atoms with E-state index in [4.69, 9.17) is 0 Å². The lowest BCUT2D eigenvalue weighted by Gasteiger charge is -2.05. The summed E-state index contributed by atoms with van der Waals surface area (Å²) in [5.41, 5.74) is 2.66. The summed E-state index contributed by atoms with van der Waals surface area (Å²) < 4.78 is 24.3. The number of sulfonamides is 1. The van der Waals surface area contributed by atoms with Gasteiger partial charge in [0.2, 0.25) is 15.9 Å². The van der Waals surface area contributed by atoms with Gasteiger partial charge in [-0.05, 0) is 13.8 Å². The van der Waals surface area contributed by atoms with Gasteiger partial charge in [-0.3, -0.25) is 14.6 Å². The van der Waals surface area contributed by atoms with Crippen LogP contribution < -0.4 is 10.0 Å². The molecule has 2 heterocycles. The zero-order chi connectivity index (χ0) is 16.3. The molecule has 0 aliphatic rings. The number of aromatic nitrogens is 5. The van der Waals surface area contributed by atoms with Gasteiger partial charge in [0.15, 0.2) is 5.82 Å². The Morgan fingerprint density at radius 2 is 2.14 bits per heavy atom. The van der Waals surface area contributed by atoms with Crippen LogP contribution in [-0.2, 0) is 27.9 Å². The van der Waals surface area contributed by atoms with Crippen LogP contribution in [0.15, 0.2) is 6.20 Å². The van der Waals surface area contributed by atoms with E-state index in [0.717, 1.165) is 28.0 Å². The molecular weight excluding hydrogens is 310 g/mol. The maximum absolute atomic E-state index is 11.8. The zero-order valence-corrected chi connectivity index (χ0v) is 13.2. The van der Waals surface area contributed by atoms with Crippen molar-refractivity contribution >= 4 is 21.7 Å². The van der Waals surface area contributed by atoms with E-state index in [0.29, 0.717) is 6.54 Å². The molecule has 0 unspecified atom stereocenters. The average molecular weight is 327 g/mol. The predicted octanol–water partition coefficient (Wildman–Crippen LogP) is -0.694. The quantitative estimate of drug-likeness (QED) is 0.642. The van der Waals surface area contributed by atoms with E-state index in [-0.39, 0.29) is 18.3 Å². The van der Waals surface area contributed by atoms with Crippen molar-refractivity contribution in [3.05, 3.63) is 23.1 Å². The zero-order valence-electron chi connectivity index (χ0n) is 12.4. The van der Waals surface area contributed by atoms with E-state index < -0.39 is 10.0 Å². The van der Waals surface area contributed by atoms with Gasteiger partial charge < -0.3 is 5.32 Å². The van der Waals surface area contributed by atoms with Gasteiger partial charge in [-0.2, -0.15) is 15.0 Å². The highest BCUT2D eigenvalue weighted by molar-refractivity contribution is 7.92. The average Bonchev–Trinajstić information content (AvgIpc) is 2.93. The highest BCUT2D eigenvalue weighted by Crippen LogP contribution is 2.08.